The van der Waals surface area contributed by atoms with E-state index in [0.717, 1.165) is 0 Å². The van der Waals surface area contributed by atoms with Gasteiger partial charge in [0.15, 0.2) is 30.9 Å². The molecule has 6 aliphatic rings. The summed E-state index contributed by atoms with van der Waals surface area (Å²) in [6.45, 7) is 0. The van der Waals surface area contributed by atoms with E-state index in [1.54, 1.807) is 14.2 Å². The number of methoxy groups -OCH3 is 2. The van der Waals surface area contributed by atoms with E-state index in [-0.39, 0.29) is 25.2 Å². The topological polar surface area (TPSA) is 55.4 Å². The second-order valence-electron chi connectivity index (χ2n) is 6.51. The number of ether oxygens (including phenoxy) is 6. The van der Waals surface area contributed by atoms with Crippen LogP contribution in [0.1, 0.15) is 0 Å². The Bertz CT molecular complexity index is 398. The lowest BCUT2D eigenvalue weighted by molar-refractivity contribution is -0.392. The van der Waals surface area contributed by atoms with Crippen LogP contribution in [0.2, 0.25) is 0 Å². The Labute approximate surface area is 110 Å². The summed E-state index contributed by atoms with van der Waals surface area (Å²) < 4.78 is 35.6. The Morgan fingerprint density at radius 2 is 0.947 bits per heavy atom. The SMILES string of the molecule is COC1(OC)C2[C@@H]3[C@H]4O[C@@H]5O[C@@H]6O[C@H](O4)[C@H]2[C@H]6C1[C@@H]53. The van der Waals surface area contributed by atoms with Gasteiger partial charge in [-0.3, -0.25) is 0 Å². The highest BCUT2D eigenvalue weighted by atomic mass is 16.9. The Kier molecular flexibility index (Phi) is 1.58. The summed E-state index contributed by atoms with van der Waals surface area (Å²) >= 11 is 0. The van der Waals surface area contributed by atoms with Crippen molar-refractivity contribution in [2.75, 3.05) is 14.2 Å². The number of hydrogen-bond acceptors (Lipinski definition) is 6. The predicted molar refractivity (Wildman–Crippen MR) is 57.2 cm³/mol. The van der Waals surface area contributed by atoms with Crippen molar-refractivity contribution in [3.05, 3.63) is 0 Å². The highest BCUT2D eigenvalue weighted by molar-refractivity contribution is 5.23. The largest absolute Gasteiger partial charge is 0.353 e. The second kappa shape index (κ2) is 2.86. The summed E-state index contributed by atoms with van der Waals surface area (Å²) in [6, 6.07) is 0. The molecule has 6 heteroatoms. The van der Waals surface area contributed by atoms with Gasteiger partial charge in [-0.25, -0.2) is 0 Å². The zero-order valence-corrected chi connectivity index (χ0v) is 10.7. The van der Waals surface area contributed by atoms with Crippen LogP contribution >= 0.6 is 0 Å². The molecule has 104 valence electrons. The van der Waals surface area contributed by atoms with Crippen LogP contribution in [0.3, 0.4) is 0 Å². The lowest BCUT2D eigenvalue weighted by Crippen LogP contribution is -2.51. The molecule has 6 nitrogen and oxygen atoms in total. The van der Waals surface area contributed by atoms with Crippen LogP contribution in [0.15, 0.2) is 0 Å². The average Bonchev–Trinajstić information content (AvgIpc) is 3.12. The summed E-state index contributed by atoms with van der Waals surface area (Å²) in [5, 5.41) is 0. The highest BCUT2D eigenvalue weighted by Gasteiger charge is 2.86. The van der Waals surface area contributed by atoms with E-state index in [4.69, 9.17) is 28.4 Å². The van der Waals surface area contributed by atoms with E-state index < -0.39 is 5.79 Å². The molecule has 2 bridgehead atoms. The van der Waals surface area contributed by atoms with Gasteiger partial charge >= 0.3 is 0 Å². The summed E-state index contributed by atoms with van der Waals surface area (Å²) in [6.07, 6.45) is -0.904. The quantitative estimate of drug-likeness (QED) is 0.663. The molecule has 2 saturated carbocycles. The molecular weight excluding hydrogens is 252 g/mol. The van der Waals surface area contributed by atoms with Crippen molar-refractivity contribution in [3.8, 4) is 0 Å². The van der Waals surface area contributed by atoms with Gasteiger partial charge in [-0.05, 0) is 0 Å². The first-order chi connectivity index (χ1) is 9.30. The van der Waals surface area contributed by atoms with Crippen molar-refractivity contribution in [1.29, 1.82) is 0 Å². The van der Waals surface area contributed by atoms with Gasteiger partial charge in [0.2, 0.25) is 0 Å². The average molecular weight is 268 g/mol. The maximum absolute atomic E-state index is 5.98. The standard InChI is InChI=1S/C13H16O6/c1-14-13(15-2)7-3-4-8(13)6-5(7)11-17-12(6)19-10(4)16-9(3)18-11/h3-12H,1-2H3/t3-,4-,5-,6+,7?,8?,9-,10+,11+,12-/m0/s1. The normalized spacial score (nSPS) is 68.5. The fraction of sp³-hybridized carbons (Fsp3) is 1.00. The molecule has 0 aromatic rings. The fourth-order valence-electron chi connectivity index (χ4n) is 6.18. The van der Waals surface area contributed by atoms with Gasteiger partial charge in [-0.1, -0.05) is 0 Å². The minimum atomic E-state index is -0.501. The maximum Gasteiger partial charge on any atom is 0.175 e. The van der Waals surface area contributed by atoms with Gasteiger partial charge in [0.1, 0.15) is 0 Å². The molecule has 4 saturated heterocycles. The third kappa shape index (κ3) is 0.811. The summed E-state index contributed by atoms with van der Waals surface area (Å²) in [7, 11) is 3.51. The maximum atomic E-state index is 5.98. The van der Waals surface area contributed by atoms with Gasteiger partial charge in [0, 0.05) is 49.7 Å². The van der Waals surface area contributed by atoms with Crippen LogP contribution in [0.4, 0.5) is 0 Å². The Hall–Kier alpha value is -0.240. The Balaban J connectivity index is 1.63. The van der Waals surface area contributed by atoms with Crippen LogP contribution in [-0.2, 0) is 28.4 Å². The van der Waals surface area contributed by atoms with Gasteiger partial charge in [0.25, 0.3) is 0 Å². The van der Waals surface area contributed by atoms with Crippen molar-refractivity contribution >= 4 is 0 Å². The van der Waals surface area contributed by atoms with E-state index in [1.807, 2.05) is 0 Å². The Morgan fingerprint density at radius 1 is 0.632 bits per heavy atom. The van der Waals surface area contributed by atoms with E-state index in [0.29, 0.717) is 35.5 Å². The lowest BCUT2D eigenvalue weighted by atomic mass is 9.67. The molecule has 0 radical (unpaired) electrons. The summed E-state index contributed by atoms with van der Waals surface area (Å²) in [5.74, 6) is 1.35. The minimum Gasteiger partial charge on any atom is -0.353 e. The monoisotopic (exact) mass is 268 g/mol. The van der Waals surface area contributed by atoms with E-state index >= 15 is 0 Å². The van der Waals surface area contributed by atoms with Gasteiger partial charge < -0.3 is 28.4 Å². The van der Waals surface area contributed by atoms with Crippen molar-refractivity contribution in [3.63, 3.8) is 0 Å². The number of rotatable bonds is 2. The minimum absolute atomic E-state index is 0.226. The van der Waals surface area contributed by atoms with Crippen molar-refractivity contribution in [1.82, 2.24) is 0 Å². The third-order valence-electron chi connectivity index (χ3n) is 6.44. The fourth-order valence-corrected chi connectivity index (χ4v) is 6.18. The molecule has 10 atom stereocenters. The lowest BCUT2D eigenvalue weighted by Gasteiger charge is -2.42. The molecule has 0 N–H and O–H groups in total. The van der Waals surface area contributed by atoms with Gasteiger partial charge in [-0.2, -0.15) is 0 Å². The summed E-state index contributed by atoms with van der Waals surface area (Å²) in [4.78, 5) is 0. The smallest absolute Gasteiger partial charge is 0.175 e. The molecule has 6 rings (SSSR count). The molecule has 2 unspecified atom stereocenters. The van der Waals surface area contributed by atoms with Crippen molar-refractivity contribution in [2.45, 2.75) is 30.9 Å². The third-order valence-corrected chi connectivity index (χ3v) is 6.44. The molecule has 0 aromatic heterocycles. The molecule has 19 heavy (non-hydrogen) atoms. The number of hydrogen-bond donors (Lipinski definition) is 0. The first kappa shape index (κ1) is 10.5. The first-order valence-corrected chi connectivity index (χ1v) is 7.02. The molecule has 6 fully saturated rings. The highest BCUT2D eigenvalue weighted by Crippen LogP contribution is 2.76. The zero-order chi connectivity index (χ0) is 12.5. The second-order valence-corrected chi connectivity index (χ2v) is 6.51. The molecule has 4 heterocycles. The molecular formula is C13H16O6. The van der Waals surface area contributed by atoms with Crippen LogP contribution in [-0.4, -0.2) is 45.2 Å². The van der Waals surface area contributed by atoms with Crippen LogP contribution < -0.4 is 0 Å². The van der Waals surface area contributed by atoms with E-state index in [2.05, 4.69) is 0 Å². The zero-order valence-electron chi connectivity index (χ0n) is 10.7. The van der Waals surface area contributed by atoms with E-state index in [9.17, 15) is 0 Å². The van der Waals surface area contributed by atoms with Gasteiger partial charge in [0.05, 0.1) is 0 Å². The molecule has 0 aromatic carbocycles. The van der Waals surface area contributed by atoms with Crippen molar-refractivity contribution < 1.29 is 28.4 Å². The molecule has 4 aliphatic heterocycles. The Morgan fingerprint density at radius 3 is 1.21 bits per heavy atom. The van der Waals surface area contributed by atoms with Crippen LogP contribution in [0, 0.1) is 35.5 Å². The van der Waals surface area contributed by atoms with Crippen molar-refractivity contribution in [2.24, 2.45) is 35.5 Å². The van der Waals surface area contributed by atoms with Gasteiger partial charge in [-0.15, -0.1) is 0 Å². The molecule has 0 amide bonds. The molecule has 0 spiro atoms. The summed E-state index contributed by atoms with van der Waals surface area (Å²) in [5.41, 5.74) is 0. The first-order valence-electron chi connectivity index (χ1n) is 7.02. The van der Waals surface area contributed by atoms with Crippen LogP contribution in [0.25, 0.3) is 0 Å². The molecule has 2 aliphatic carbocycles. The van der Waals surface area contributed by atoms with E-state index in [1.165, 1.54) is 0 Å². The predicted octanol–water partition coefficient (Wildman–Crippen LogP) is 0.125. The van der Waals surface area contributed by atoms with Crippen LogP contribution in [0.5, 0.6) is 0 Å².